The van der Waals surface area contributed by atoms with E-state index in [9.17, 15) is 14.7 Å². The van der Waals surface area contributed by atoms with Crippen molar-refractivity contribution in [1.29, 1.82) is 0 Å². The van der Waals surface area contributed by atoms with E-state index in [1.54, 1.807) is 31.2 Å². The van der Waals surface area contributed by atoms with Crippen molar-refractivity contribution < 1.29 is 19.1 Å². The molecule has 2 N–H and O–H groups in total. The minimum atomic E-state index is -0.660. The van der Waals surface area contributed by atoms with Gasteiger partial charge in [-0.25, -0.2) is 0 Å². The summed E-state index contributed by atoms with van der Waals surface area (Å²) in [7, 11) is 0. The normalized spacial score (nSPS) is 24.7. The predicted molar refractivity (Wildman–Crippen MR) is 118 cm³/mol. The first-order valence-electron chi connectivity index (χ1n) is 10.8. The first kappa shape index (κ1) is 21.9. The van der Waals surface area contributed by atoms with Gasteiger partial charge < -0.3 is 19.7 Å². The number of furan rings is 1. The maximum atomic E-state index is 12.8. The second kappa shape index (κ2) is 9.42. The SMILES string of the molecule is CC(=O)N1CCN([C@@H]2CCC[C@@H](NC(=O)c3ccc(-c4ccc(Cl)cc4)o3)[C@H]2O)CC1. The number of aliphatic hydroxyl groups excluding tert-OH is 1. The fraction of sp³-hybridized carbons (Fsp3) is 0.478. The van der Waals surface area contributed by atoms with Crippen LogP contribution in [0.2, 0.25) is 5.02 Å². The Hall–Kier alpha value is -2.35. The van der Waals surface area contributed by atoms with Crippen LogP contribution in [0.1, 0.15) is 36.7 Å². The van der Waals surface area contributed by atoms with Crippen LogP contribution in [0.25, 0.3) is 11.3 Å². The Morgan fingerprint density at radius 1 is 1.06 bits per heavy atom. The van der Waals surface area contributed by atoms with E-state index >= 15 is 0 Å². The monoisotopic (exact) mass is 445 g/mol. The molecule has 1 saturated carbocycles. The molecule has 0 spiro atoms. The van der Waals surface area contributed by atoms with E-state index in [1.807, 2.05) is 17.0 Å². The molecule has 1 aliphatic heterocycles. The van der Waals surface area contributed by atoms with Crippen molar-refractivity contribution in [2.45, 2.75) is 44.4 Å². The summed E-state index contributed by atoms with van der Waals surface area (Å²) in [6.07, 6.45) is 1.87. The zero-order valence-electron chi connectivity index (χ0n) is 17.6. The molecule has 31 heavy (non-hydrogen) atoms. The fourth-order valence-electron chi connectivity index (χ4n) is 4.55. The lowest BCUT2D eigenvalue weighted by atomic mass is 9.86. The van der Waals surface area contributed by atoms with Gasteiger partial charge in [-0.05, 0) is 55.7 Å². The number of halogens is 1. The topological polar surface area (TPSA) is 86.0 Å². The summed E-state index contributed by atoms with van der Waals surface area (Å²) in [5.74, 6) is 0.568. The summed E-state index contributed by atoms with van der Waals surface area (Å²) in [6.45, 7) is 4.42. The van der Waals surface area contributed by atoms with Crippen molar-refractivity contribution in [3.63, 3.8) is 0 Å². The van der Waals surface area contributed by atoms with Crippen molar-refractivity contribution in [2.75, 3.05) is 26.2 Å². The Labute approximate surface area is 187 Å². The molecule has 1 aromatic heterocycles. The Morgan fingerprint density at radius 2 is 1.77 bits per heavy atom. The largest absolute Gasteiger partial charge is 0.451 e. The van der Waals surface area contributed by atoms with Crippen LogP contribution in [0.3, 0.4) is 0 Å². The van der Waals surface area contributed by atoms with E-state index in [4.69, 9.17) is 16.0 Å². The predicted octanol–water partition coefficient (Wildman–Crippen LogP) is 2.78. The minimum absolute atomic E-state index is 0.0191. The molecule has 2 heterocycles. The number of piperazine rings is 1. The van der Waals surface area contributed by atoms with E-state index in [0.29, 0.717) is 23.9 Å². The lowest BCUT2D eigenvalue weighted by Crippen LogP contribution is -2.60. The number of carbonyl (C=O) groups is 2. The molecule has 0 radical (unpaired) electrons. The molecule has 4 rings (SSSR count). The number of nitrogens with one attached hydrogen (secondary N) is 1. The molecule has 0 unspecified atom stereocenters. The Kier molecular flexibility index (Phi) is 6.65. The number of amides is 2. The van der Waals surface area contributed by atoms with Crippen LogP contribution in [0.15, 0.2) is 40.8 Å². The van der Waals surface area contributed by atoms with Gasteiger partial charge in [0.15, 0.2) is 5.76 Å². The fourth-order valence-corrected chi connectivity index (χ4v) is 4.68. The highest BCUT2D eigenvalue weighted by molar-refractivity contribution is 6.30. The number of benzene rings is 1. The quantitative estimate of drug-likeness (QED) is 0.755. The molecule has 1 aromatic carbocycles. The molecule has 2 amide bonds. The number of aliphatic hydroxyl groups is 1. The van der Waals surface area contributed by atoms with E-state index in [0.717, 1.165) is 37.9 Å². The first-order valence-corrected chi connectivity index (χ1v) is 11.1. The number of nitrogens with zero attached hydrogens (tertiary/aromatic N) is 2. The summed E-state index contributed by atoms with van der Waals surface area (Å²) in [5, 5.41) is 14.6. The highest BCUT2D eigenvalue weighted by Crippen LogP contribution is 2.27. The molecule has 1 aliphatic carbocycles. The maximum Gasteiger partial charge on any atom is 0.287 e. The van der Waals surface area contributed by atoms with Gasteiger partial charge in [-0.3, -0.25) is 14.5 Å². The maximum absolute atomic E-state index is 12.8. The van der Waals surface area contributed by atoms with Gasteiger partial charge in [0.25, 0.3) is 5.91 Å². The summed E-state index contributed by atoms with van der Waals surface area (Å²) >= 11 is 5.93. The summed E-state index contributed by atoms with van der Waals surface area (Å²) in [4.78, 5) is 28.4. The lowest BCUT2D eigenvalue weighted by Gasteiger charge is -2.44. The summed E-state index contributed by atoms with van der Waals surface area (Å²) in [5.41, 5.74) is 0.839. The Morgan fingerprint density at radius 3 is 2.45 bits per heavy atom. The Bertz CT molecular complexity index is 921. The zero-order valence-corrected chi connectivity index (χ0v) is 18.3. The van der Waals surface area contributed by atoms with E-state index < -0.39 is 6.10 Å². The zero-order chi connectivity index (χ0) is 22.0. The first-order chi connectivity index (χ1) is 14.9. The molecule has 0 bridgehead atoms. The molecular weight excluding hydrogens is 418 g/mol. The van der Waals surface area contributed by atoms with E-state index in [-0.39, 0.29) is 29.7 Å². The Balaban J connectivity index is 1.37. The second-order valence-corrected chi connectivity index (χ2v) is 8.72. The molecule has 7 nitrogen and oxygen atoms in total. The number of carbonyl (C=O) groups excluding carboxylic acids is 2. The van der Waals surface area contributed by atoms with Gasteiger partial charge in [0.2, 0.25) is 5.91 Å². The van der Waals surface area contributed by atoms with Crippen LogP contribution >= 0.6 is 11.6 Å². The standard InChI is InChI=1S/C23H28ClN3O4/c1-15(28)26-11-13-27(14-12-26)19-4-2-3-18(22(19)29)25-23(30)21-10-9-20(31-21)16-5-7-17(24)8-6-16/h5-10,18-19,22,29H,2-4,11-14H2,1H3,(H,25,30)/t18-,19-,22-/m1/s1. The number of hydrogen-bond donors (Lipinski definition) is 2. The van der Waals surface area contributed by atoms with Gasteiger partial charge in [-0.2, -0.15) is 0 Å². The third-order valence-corrected chi connectivity index (χ3v) is 6.58. The average molecular weight is 446 g/mol. The van der Waals surface area contributed by atoms with Gasteiger partial charge in [-0.15, -0.1) is 0 Å². The third-order valence-electron chi connectivity index (χ3n) is 6.33. The third kappa shape index (κ3) is 4.95. The van der Waals surface area contributed by atoms with Gasteiger partial charge >= 0.3 is 0 Å². The van der Waals surface area contributed by atoms with Crippen LogP contribution < -0.4 is 5.32 Å². The highest BCUT2D eigenvalue weighted by atomic mass is 35.5. The summed E-state index contributed by atoms with van der Waals surface area (Å²) < 4.78 is 5.74. The van der Waals surface area contributed by atoms with Crippen molar-refractivity contribution in [2.24, 2.45) is 0 Å². The molecule has 3 atom stereocenters. The molecule has 2 fully saturated rings. The molecule has 2 aromatic rings. The van der Waals surface area contributed by atoms with Gasteiger partial charge in [0.05, 0.1) is 12.1 Å². The van der Waals surface area contributed by atoms with Gasteiger partial charge in [0.1, 0.15) is 5.76 Å². The van der Waals surface area contributed by atoms with Gasteiger partial charge in [0, 0.05) is 49.7 Å². The van der Waals surface area contributed by atoms with E-state index in [1.165, 1.54) is 0 Å². The molecule has 8 heteroatoms. The van der Waals surface area contributed by atoms with Gasteiger partial charge in [-0.1, -0.05) is 11.6 Å². The van der Waals surface area contributed by atoms with Crippen LogP contribution in [-0.2, 0) is 4.79 Å². The van der Waals surface area contributed by atoms with Crippen LogP contribution in [0.5, 0.6) is 0 Å². The molecule has 1 saturated heterocycles. The molecule has 166 valence electrons. The van der Waals surface area contributed by atoms with Crippen LogP contribution in [-0.4, -0.2) is 71.1 Å². The minimum Gasteiger partial charge on any atom is -0.451 e. The molecular formula is C23H28ClN3O4. The average Bonchev–Trinajstić information content (AvgIpc) is 3.26. The smallest absolute Gasteiger partial charge is 0.287 e. The number of rotatable bonds is 4. The number of hydrogen-bond acceptors (Lipinski definition) is 5. The van der Waals surface area contributed by atoms with E-state index in [2.05, 4.69) is 10.2 Å². The molecule has 2 aliphatic rings. The van der Waals surface area contributed by atoms with Crippen molar-refractivity contribution in [3.05, 3.63) is 47.2 Å². The lowest BCUT2D eigenvalue weighted by molar-refractivity contribution is -0.131. The second-order valence-electron chi connectivity index (χ2n) is 8.28. The van der Waals surface area contributed by atoms with Crippen molar-refractivity contribution in [1.82, 2.24) is 15.1 Å². The van der Waals surface area contributed by atoms with Crippen LogP contribution in [0.4, 0.5) is 0 Å². The summed E-state index contributed by atoms with van der Waals surface area (Å²) in [6, 6.07) is 10.3. The van der Waals surface area contributed by atoms with Crippen LogP contribution in [0, 0.1) is 0 Å². The highest BCUT2D eigenvalue weighted by Gasteiger charge is 2.37. The van der Waals surface area contributed by atoms with Crippen molar-refractivity contribution >= 4 is 23.4 Å². The van der Waals surface area contributed by atoms with Crippen molar-refractivity contribution in [3.8, 4) is 11.3 Å².